The molecule has 2 heterocycles. The molecule has 1 fully saturated rings. The summed E-state index contributed by atoms with van der Waals surface area (Å²) < 4.78 is 0. The van der Waals surface area contributed by atoms with Crippen LogP contribution < -0.4 is 5.32 Å². The molecule has 1 saturated carbocycles. The van der Waals surface area contributed by atoms with Crippen molar-refractivity contribution in [1.29, 1.82) is 5.26 Å². The van der Waals surface area contributed by atoms with E-state index in [1.54, 1.807) is 13.8 Å². The van der Waals surface area contributed by atoms with Crippen molar-refractivity contribution in [2.24, 2.45) is 0 Å². The SMILES string of the molecule is Cc1c(C(=O)Nc2ccc3n[nH]c(C4CC4)c3c2)nc(Cl)c(C#N)c1C. The summed E-state index contributed by atoms with van der Waals surface area (Å²) in [6.07, 6.45) is 2.33. The van der Waals surface area contributed by atoms with Gasteiger partial charge in [0.05, 0.1) is 11.1 Å². The zero-order valence-electron chi connectivity index (χ0n) is 14.4. The first-order chi connectivity index (χ1) is 12.5. The number of amides is 1. The first-order valence-electron chi connectivity index (χ1n) is 8.35. The van der Waals surface area contributed by atoms with Crippen molar-refractivity contribution < 1.29 is 4.79 Å². The molecule has 0 unspecified atom stereocenters. The third-order valence-corrected chi connectivity index (χ3v) is 5.14. The van der Waals surface area contributed by atoms with Crippen molar-refractivity contribution in [1.82, 2.24) is 15.2 Å². The molecule has 1 aromatic carbocycles. The Hall–Kier alpha value is -2.91. The number of aromatic amines is 1. The number of nitrogens with one attached hydrogen (secondary N) is 2. The van der Waals surface area contributed by atoms with Gasteiger partial charge in [0.1, 0.15) is 16.9 Å². The maximum Gasteiger partial charge on any atom is 0.274 e. The average molecular weight is 366 g/mol. The van der Waals surface area contributed by atoms with Crippen LogP contribution in [0.25, 0.3) is 10.9 Å². The molecule has 1 aliphatic rings. The van der Waals surface area contributed by atoms with Gasteiger partial charge in [-0.15, -0.1) is 0 Å². The maximum atomic E-state index is 12.7. The second-order valence-corrected chi connectivity index (χ2v) is 6.94. The lowest BCUT2D eigenvalue weighted by atomic mass is 10.0. The molecule has 7 heteroatoms. The van der Waals surface area contributed by atoms with Crippen LogP contribution in [0.15, 0.2) is 18.2 Å². The number of carbonyl (C=O) groups excluding carboxylic acids is 1. The number of nitriles is 1. The molecule has 6 nitrogen and oxygen atoms in total. The number of hydrogen-bond acceptors (Lipinski definition) is 4. The molecular weight excluding hydrogens is 350 g/mol. The van der Waals surface area contributed by atoms with E-state index in [1.807, 2.05) is 24.3 Å². The summed E-state index contributed by atoms with van der Waals surface area (Å²) in [4.78, 5) is 16.8. The third kappa shape index (κ3) is 2.71. The van der Waals surface area contributed by atoms with Crippen LogP contribution in [0.4, 0.5) is 5.69 Å². The quantitative estimate of drug-likeness (QED) is 0.679. The van der Waals surface area contributed by atoms with Gasteiger partial charge in [-0.1, -0.05) is 11.6 Å². The van der Waals surface area contributed by atoms with E-state index in [-0.39, 0.29) is 16.8 Å². The number of hydrogen-bond donors (Lipinski definition) is 2. The Morgan fingerprint density at radius 1 is 1.35 bits per heavy atom. The minimum Gasteiger partial charge on any atom is -0.321 e. The monoisotopic (exact) mass is 365 g/mol. The molecule has 130 valence electrons. The highest BCUT2D eigenvalue weighted by atomic mass is 35.5. The molecule has 26 heavy (non-hydrogen) atoms. The summed E-state index contributed by atoms with van der Waals surface area (Å²) >= 11 is 6.05. The Morgan fingerprint density at radius 3 is 2.81 bits per heavy atom. The summed E-state index contributed by atoms with van der Waals surface area (Å²) in [6, 6.07) is 7.64. The summed E-state index contributed by atoms with van der Waals surface area (Å²) in [5, 5.41) is 20.5. The van der Waals surface area contributed by atoms with E-state index in [2.05, 4.69) is 20.5 Å². The van der Waals surface area contributed by atoms with Crippen molar-refractivity contribution in [3.8, 4) is 6.07 Å². The zero-order chi connectivity index (χ0) is 18.4. The fourth-order valence-electron chi connectivity index (χ4n) is 3.09. The molecule has 0 atom stereocenters. The second kappa shape index (κ2) is 6.11. The van der Waals surface area contributed by atoms with Crippen LogP contribution in [0.5, 0.6) is 0 Å². The van der Waals surface area contributed by atoms with Crippen molar-refractivity contribution in [2.75, 3.05) is 5.32 Å². The van der Waals surface area contributed by atoms with Crippen LogP contribution >= 0.6 is 11.6 Å². The van der Waals surface area contributed by atoms with Crippen LogP contribution in [-0.2, 0) is 0 Å². The van der Waals surface area contributed by atoms with Crippen molar-refractivity contribution in [3.63, 3.8) is 0 Å². The average Bonchev–Trinajstić information content (AvgIpc) is 3.38. The fourth-order valence-corrected chi connectivity index (χ4v) is 3.36. The van der Waals surface area contributed by atoms with Gasteiger partial charge in [-0.3, -0.25) is 9.89 Å². The topological polar surface area (TPSA) is 94.5 Å². The molecule has 1 aliphatic carbocycles. The van der Waals surface area contributed by atoms with Gasteiger partial charge in [0.2, 0.25) is 0 Å². The van der Waals surface area contributed by atoms with Crippen LogP contribution in [0.3, 0.4) is 0 Å². The van der Waals surface area contributed by atoms with Crippen molar-refractivity contribution in [3.05, 3.63) is 51.4 Å². The van der Waals surface area contributed by atoms with Crippen LogP contribution in [-0.4, -0.2) is 21.1 Å². The number of aromatic nitrogens is 3. The van der Waals surface area contributed by atoms with Gasteiger partial charge < -0.3 is 5.32 Å². The predicted octanol–water partition coefficient (Wildman–Crippen LogP) is 4.23. The number of carbonyl (C=O) groups is 1. The van der Waals surface area contributed by atoms with Gasteiger partial charge in [0.15, 0.2) is 0 Å². The maximum absolute atomic E-state index is 12.7. The van der Waals surface area contributed by atoms with Crippen molar-refractivity contribution >= 4 is 34.1 Å². The molecule has 2 aromatic heterocycles. The van der Waals surface area contributed by atoms with E-state index in [9.17, 15) is 4.79 Å². The van der Waals surface area contributed by atoms with E-state index in [4.69, 9.17) is 16.9 Å². The van der Waals surface area contributed by atoms with Crippen LogP contribution in [0, 0.1) is 25.2 Å². The van der Waals surface area contributed by atoms with E-state index in [0.717, 1.165) is 16.6 Å². The minimum absolute atomic E-state index is 0.0436. The molecule has 0 bridgehead atoms. The fraction of sp³-hybridized carbons (Fsp3) is 0.263. The van der Waals surface area contributed by atoms with E-state index >= 15 is 0 Å². The second-order valence-electron chi connectivity index (χ2n) is 6.59. The molecule has 0 radical (unpaired) electrons. The molecule has 0 aliphatic heterocycles. The summed E-state index contributed by atoms with van der Waals surface area (Å²) in [7, 11) is 0. The van der Waals surface area contributed by atoms with Gasteiger partial charge in [0, 0.05) is 22.7 Å². The Balaban J connectivity index is 1.67. The van der Waals surface area contributed by atoms with Crippen LogP contribution in [0.2, 0.25) is 5.15 Å². The first kappa shape index (κ1) is 16.6. The molecular formula is C19H16ClN5O. The molecule has 1 amide bonds. The van der Waals surface area contributed by atoms with Gasteiger partial charge in [-0.2, -0.15) is 10.4 Å². The zero-order valence-corrected chi connectivity index (χ0v) is 15.1. The summed E-state index contributed by atoms with van der Waals surface area (Å²) in [6.45, 7) is 3.52. The van der Waals surface area contributed by atoms with Gasteiger partial charge in [-0.25, -0.2) is 4.98 Å². The third-order valence-electron chi connectivity index (χ3n) is 4.86. The number of fused-ring (bicyclic) bond motifs is 1. The lowest BCUT2D eigenvalue weighted by Crippen LogP contribution is -2.17. The molecule has 2 N–H and O–H groups in total. The standard InChI is InChI=1S/C19H16ClN5O/c1-9-10(2)16(23-18(20)14(9)8-21)19(26)22-12-5-6-15-13(7-12)17(25-24-15)11-3-4-11/h5-7,11H,3-4H2,1-2H3,(H,22,26)(H,24,25). The van der Waals surface area contributed by atoms with Gasteiger partial charge >= 0.3 is 0 Å². The summed E-state index contributed by atoms with van der Waals surface area (Å²) in [5.41, 5.74) is 4.52. The minimum atomic E-state index is -0.354. The number of pyridine rings is 1. The Bertz CT molecular complexity index is 1090. The Labute approximate surface area is 155 Å². The highest BCUT2D eigenvalue weighted by Gasteiger charge is 2.27. The lowest BCUT2D eigenvalue weighted by molar-refractivity contribution is 0.102. The smallest absolute Gasteiger partial charge is 0.274 e. The number of nitrogens with zero attached hydrogens (tertiary/aromatic N) is 3. The van der Waals surface area contributed by atoms with E-state index < -0.39 is 0 Å². The number of H-pyrrole nitrogens is 1. The van der Waals surface area contributed by atoms with Crippen LogP contribution in [0.1, 0.15) is 51.6 Å². The highest BCUT2D eigenvalue weighted by molar-refractivity contribution is 6.31. The van der Waals surface area contributed by atoms with E-state index in [0.29, 0.717) is 28.3 Å². The molecule has 0 spiro atoms. The molecule has 4 rings (SSSR count). The van der Waals surface area contributed by atoms with Crippen molar-refractivity contribution in [2.45, 2.75) is 32.6 Å². The number of halogens is 1. The molecule has 0 saturated heterocycles. The lowest BCUT2D eigenvalue weighted by Gasteiger charge is -2.11. The van der Waals surface area contributed by atoms with Gasteiger partial charge in [0.25, 0.3) is 5.91 Å². The Morgan fingerprint density at radius 2 is 2.12 bits per heavy atom. The summed E-state index contributed by atoms with van der Waals surface area (Å²) in [5.74, 6) is 0.183. The normalized spacial score (nSPS) is 13.6. The number of benzene rings is 1. The van der Waals surface area contributed by atoms with E-state index in [1.165, 1.54) is 12.8 Å². The Kier molecular flexibility index (Phi) is 3.89. The van der Waals surface area contributed by atoms with Gasteiger partial charge in [-0.05, 0) is 56.0 Å². The first-order valence-corrected chi connectivity index (χ1v) is 8.73. The molecule has 3 aromatic rings. The number of anilines is 1. The highest BCUT2D eigenvalue weighted by Crippen LogP contribution is 2.42. The predicted molar refractivity (Wildman–Crippen MR) is 99.5 cm³/mol. The largest absolute Gasteiger partial charge is 0.321 e. The number of rotatable bonds is 3.